The molecule has 0 radical (unpaired) electrons. The van der Waals surface area contributed by atoms with Gasteiger partial charge in [0, 0.05) is 6.42 Å². The van der Waals surface area contributed by atoms with Crippen LogP contribution in [0.1, 0.15) is 46.9 Å². The van der Waals surface area contributed by atoms with Crippen molar-refractivity contribution in [3.8, 4) is 0 Å². The van der Waals surface area contributed by atoms with Gasteiger partial charge >= 0.3 is 0 Å². The highest BCUT2D eigenvalue weighted by Crippen LogP contribution is 2.46. The number of hydrogen-bond donors (Lipinski definition) is 7. The van der Waals surface area contributed by atoms with E-state index < -0.39 is 103 Å². The van der Waals surface area contributed by atoms with Crippen LogP contribution in [0.25, 0.3) is 43.5 Å². The molecule has 1 aliphatic heterocycles. The average Bonchev–Trinajstić information content (AvgIpc) is 3.68. The molecule has 1 aliphatic carbocycles. The lowest BCUT2D eigenvalue weighted by atomic mass is 9.77. The molecular weight excluding hydrogens is 542 g/mol. The molecule has 12 heteroatoms. The summed E-state index contributed by atoms with van der Waals surface area (Å²) in [5, 5.41) is 55.3. The maximum Gasteiger partial charge on any atom is 0.280 e. The number of anilines is 1. The Morgan fingerprint density at radius 2 is 1.81 bits per heavy atom. The summed E-state index contributed by atoms with van der Waals surface area (Å²) in [5.41, 5.74) is -1.38. The second-order valence-electron chi connectivity index (χ2n) is 10.5. The third-order valence-corrected chi connectivity index (χ3v) is 8.11. The summed E-state index contributed by atoms with van der Waals surface area (Å²) in [4.78, 5) is 24.2. The Morgan fingerprint density at radius 1 is 1.05 bits per heavy atom. The van der Waals surface area contributed by atoms with E-state index in [1.54, 1.807) is 0 Å². The van der Waals surface area contributed by atoms with Crippen molar-refractivity contribution in [1.82, 2.24) is 19.5 Å². The number of aromatic nitrogens is 4. The van der Waals surface area contributed by atoms with Crippen LogP contribution < -0.4 is 10.9 Å². The van der Waals surface area contributed by atoms with Crippen LogP contribution in [0, 0.1) is 0 Å². The maximum atomic E-state index is 13.2. The molecule has 0 saturated carbocycles. The summed E-state index contributed by atoms with van der Waals surface area (Å²) < 4.78 is 77.2. The van der Waals surface area contributed by atoms with Crippen LogP contribution >= 0.6 is 0 Å². The minimum Gasteiger partial charge on any atom is -0.394 e. The lowest BCUT2D eigenvalue weighted by Gasteiger charge is -2.38. The monoisotopic (exact) mass is 577 g/mol. The van der Waals surface area contributed by atoms with E-state index in [0.717, 1.165) is 0 Å². The molecule has 42 heavy (non-hydrogen) atoms. The van der Waals surface area contributed by atoms with E-state index in [1.807, 2.05) is 0 Å². The summed E-state index contributed by atoms with van der Waals surface area (Å²) in [5.74, 6) is -0.301. The molecule has 7 N–H and O–H groups in total. The molecule has 4 aromatic carbocycles. The summed E-state index contributed by atoms with van der Waals surface area (Å²) in [6, 6.07) is -6.14. The number of benzene rings is 4. The number of nitrogens with one attached hydrogen (secondary N) is 2. The number of ether oxygens (including phenoxy) is 1. The van der Waals surface area contributed by atoms with E-state index in [0.29, 0.717) is 0 Å². The maximum absolute atomic E-state index is 13.2. The number of H-pyrrole nitrogens is 1. The highest BCUT2D eigenvalue weighted by molar-refractivity contribution is 6.24. The van der Waals surface area contributed by atoms with Gasteiger partial charge in [0.05, 0.1) is 36.0 Å². The molecule has 0 amide bonds. The third kappa shape index (κ3) is 3.54. The van der Waals surface area contributed by atoms with E-state index in [4.69, 9.17) is 15.7 Å². The zero-order valence-electron chi connectivity index (χ0n) is 29.4. The number of aromatic amines is 1. The van der Waals surface area contributed by atoms with Crippen LogP contribution in [0.3, 0.4) is 0 Å². The Bertz CT molecular complexity index is 2470. The van der Waals surface area contributed by atoms with E-state index in [-0.39, 0.29) is 67.0 Å². The Labute approximate surface area is 248 Å². The molecule has 0 unspecified atom stereocenters. The normalized spacial score (nSPS) is 30.5. The zero-order valence-corrected chi connectivity index (χ0v) is 21.4. The number of nitrogens with zero attached hydrogens (tertiary/aromatic N) is 3. The van der Waals surface area contributed by atoms with Gasteiger partial charge in [0.1, 0.15) is 30.6 Å². The van der Waals surface area contributed by atoms with E-state index >= 15 is 0 Å². The fourth-order valence-corrected chi connectivity index (χ4v) is 6.07. The van der Waals surface area contributed by atoms with Crippen LogP contribution in [0.15, 0.2) is 59.5 Å². The Morgan fingerprint density at radius 3 is 2.57 bits per heavy atom. The Kier molecular flexibility index (Phi) is 4.01. The first-order chi connectivity index (χ1) is 23.7. The molecule has 6 aromatic rings. The van der Waals surface area contributed by atoms with Crippen molar-refractivity contribution in [3.05, 3.63) is 76.1 Å². The fraction of sp³-hybridized carbons (Fsp3) is 0.300. The van der Waals surface area contributed by atoms with Gasteiger partial charge in [0.2, 0.25) is 5.95 Å². The van der Waals surface area contributed by atoms with Gasteiger partial charge in [-0.3, -0.25) is 14.3 Å². The Hall–Kier alpha value is -4.17. The predicted octanol–water partition coefficient (Wildman–Crippen LogP) is 1.58. The predicted molar refractivity (Wildman–Crippen MR) is 153 cm³/mol. The summed E-state index contributed by atoms with van der Waals surface area (Å²) in [6.45, 7) is -0.460. The van der Waals surface area contributed by atoms with Crippen molar-refractivity contribution in [2.45, 2.75) is 49.2 Å². The van der Waals surface area contributed by atoms with Crippen LogP contribution in [0.2, 0.25) is 0 Å². The van der Waals surface area contributed by atoms with Crippen molar-refractivity contribution < 1.29 is 41.2 Å². The van der Waals surface area contributed by atoms with Gasteiger partial charge in [-0.25, -0.2) is 4.98 Å². The zero-order chi connectivity index (χ0) is 35.8. The molecule has 7 atom stereocenters. The molecule has 214 valence electrons. The quantitative estimate of drug-likeness (QED) is 0.152. The molecule has 2 aliphatic rings. The van der Waals surface area contributed by atoms with Crippen LogP contribution in [-0.2, 0) is 4.74 Å². The molecule has 0 bridgehead atoms. The standard InChI is InChI=1S/C30H27N5O7/c36-10-18-17(37)9-19(42-18)35-11-31-24-28(35)33-30(34-29(24)41)32-23-22-15-7-6-13-3-1-2-12-4-5-14(21(15)20(12)13)8-16(22)25(38)27(40)26(23)39/h1-8,11,17-19,23,25-27,36-40H,9-10H2,(H2,32,33,34,41)/t17-,18+,19+,23-,25+,26+,27-/m0/s1/i1D,2D,3D,4D,5D,6D,7D,8D. The van der Waals surface area contributed by atoms with Gasteiger partial charge in [-0.1, -0.05) is 42.3 Å². The number of hydrogen-bond acceptors (Lipinski definition) is 10. The number of imidazole rings is 1. The van der Waals surface area contributed by atoms with Crippen molar-refractivity contribution >= 4 is 49.4 Å². The van der Waals surface area contributed by atoms with Gasteiger partial charge in [0.25, 0.3) is 5.56 Å². The van der Waals surface area contributed by atoms with Gasteiger partial charge in [-0.05, 0) is 49.5 Å². The third-order valence-electron chi connectivity index (χ3n) is 8.11. The summed E-state index contributed by atoms with van der Waals surface area (Å²) >= 11 is 0. The number of fused-ring (bicyclic) bond motifs is 3. The molecule has 8 rings (SSSR count). The van der Waals surface area contributed by atoms with Crippen molar-refractivity contribution in [2.24, 2.45) is 0 Å². The van der Waals surface area contributed by atoms with Gasteiger partial charge in [-0.2, -0.15) is 4.98 Å². The van der Waals surface area contributed by atoms with E-state index in [9.17, 15) is 30.3 Å². The number of aliphatic hydroxyl groups is 5. The van der Waals surface area contributed by atoms with E-state index in [2.05, 4.69) is 20.3 Å². The lowest BCUT2D eigenvalue weighted by molar-refractivity contribution is -0.0767. The lowest BCUT2D eigenvalue weighted by Crippen LogP contribution is -2.44. The van der Waals surface area contributed by atoms with Crippen LogP contribution in [0.5, 0.6) is 0 Å². The largest absolute Gasteiger partial charge is 0.394 e. The number of rotatable bonds is 4. The first kappa shape index (κ1) is 18.4. The molecule has 2 aromatic heterocycles. The first-order valence-electron chi connectivity index (χ1n) is 17.1. The van der Waals surface area contributed by atoms with Crippen LogP contribution in [-0.4, -0.2) is 76.1 Å². The molecule has 3 heterocycles. The second kappa shape index (κ2) is 9.16. The average molecular weight is 578 g/mol. The topological polar surface area (TPSA) is 186 Å². The molecule has 12 nitrogen and oxygen atoms in total. The number of aliphatic hydroxyl groups excluding tert-OH is 5. The molecule has 1 saturated heterocycles. The summed E-state index contributed by atoms with van der Waals surface area (Å²) in [7, 11) is 0. The van der Waals surface area contributed by atoms with E-state index in [1.165, 1.54) is 10.9 Å². The molecule has 1 fully saturated rings. The highest BCUT2D eigenvalue weighted by Gasteiger charge is 2.42. The van der Waals surface area contributed by atoms with Crippen molar-refractivity contribution in [2.75, 3.05) is 11.9 Å². The van der Waals surface area contributed by atoms with Crippen LogP contribution in [0.4, 0.5) is 5.95 Å². The molecule has 0 spiro atoms. The van der Waals surface area contributed by atoms with Gasteiger partial charge < -0.3 is 35.6 Å². The Balaban J connectivity index is 1.41. The van der Waals surface area contributed by atoms with Gasteiger partial charge in [0.15, 0.2) is 11.2 Å². The SMILES string of the molecule is [2H]c1c([2H])c2c([2H])c([2H])c3c([2H])c4c(c5c([2H])c([2H])c(c1[2H])c2c35)[C@H](Nc1nc2c(ncn2[C@H]2C[C@H](O)[C@@H](CO)O2)c(=O)[nH]1)[C@@H](O)[C@@H](O)[C@@H]4O. The second-order valence-corrected chi connectivity index (χ2v) is 10.5. The minimum absolute atomic E-state index is 0.0247. The smallest absolute Gasteiger partial charge is 0.280 e. The minimum atomic E-state index is -1.96. The van der Waals surface area contributed by atoms with Gasteiger partial charge in [-0.15, -0.1) is 0 Å². The fourth-order valence-electron chi connectivity index (χ4n) is 6.07. The van der Waals surface area contributed by atoms with Crippen molar-refractivity contribution in [3.63, 3.8) is 0 Å². The molecular formula is C30H27N5O7. The van der Waals surface area contributed by atoms with Crippen molar-refractivity contribution in [1.29, 1.82) is 0 Å². The highest BCUT2D eigenvalue weighted by atomic mass is 16.5. The first-order valence-corrected chi connectivity index (χ1v) is 13.1. The summed E-state index contributed by atoms with van der Waals surface area (Å²) in [6.07, 6.45) is -7.27.